The second kappa shape index (κ2) is 1.26. The molecule has 0 aliphatic rings. The summed E-state index contributed by atoms with van der Waals surface area (Å²) in [7, 11) is 1.71. The second-order valence-corrected chi connectivity index (χ2v) is 1.33. The molecule has 0 saturated carbocycles. The van der Waals surface area contributed by atoms with E-state index in [0.29, 0.717) is 0 Å². The highest BCUT2D eigenvalue weighted by Gasteiger charge is 1.88. The van der Waals surface area contributed by atoms with E-state index in [-0.39, 0.29) is 5.88 Å². The van der Waals surface area contributed by atoms with Crippen molar-refractivity contribution in [1.82, 2.24) is 9.78 Å². The molecule has 0 fully saturated rings. The maximum atomic E-state index is 10.2. The summed E-state index contributed by atoms with van der Waals surface area (Å²) < 4.78 is 1.47. The molecule has 0 spiro atoms. The second-order valence-electron chi connectivity index (χ2n) is 1.33. The lowest BCUT2D eigenvalue weighted by molar-refractivity contribution is 0.332. The zero-order valence-corrected chi connectivity index (χ0v) is 3.96. The van der Waals surface area contributed by atoms with E-state index in [9.17, 15) is 5.11 Å². The van der Waals surface area contributed by atoms with E-state index in [0.717, 1.165) is 0 Å². The first-order chi connectivity index (χ1) is 3.29. The molecule has 0 saturated heterocycles. The molecule has 0 aliphatic heterocycles. The van der Waals surface area contributed by atoms with Gasteiger partial charge < -0.3 is 0 Å². The van der Waals surface area contributed by atoms with Crippen LogP contribution < -0.4 is 0 Å². The van der Waals surface area contributed by atoms with E-state index >= 15 is 0 Å². The molecule has 0 atom stereocenters. The van der Waals surface area contributed by atoms with Crippen LogP contribution in [0.1, 0.15) is 0 Å². The van der Waals surface area contributed by atoms with Gasteiger partial charge in [-0.05, 0) is 0 Å². The molecule has 0 amide bonds. The van der Waals surface area contributed by atoms with E-state index in [1.165, 1.54) is 10.7 Å². The van der Waals surface area contributed by atoms with Crippen molar-refractivity contribution in [2.75, 3.05) is 0 Å². The zero-order valence-electron chi connectivity index (χ0n) is 3.96. The SMILES string of the molecule is Cn1ccc([O])n1. The Balaban J connectivity index is 3.04. The fourth-order valence-corrected chi connectivity index (χ4v) is 0.394. The van der Waals surface area contributed by atoms with Gasteiger partial charge >= 0.3 is 0 Å². The zero-order chi connectivity index (χ0) is 5.28. The van der Waals surface area contributed by atoms with Gasteiger partial charge in [0, 0.05) is 19.3 Å². The molecule has 0 aliphatic carbocycles. The fourth-order valence-electron chi connectivity index (χ4n) is 0.394. The van der Waals surface area contributed by atoms with Gasteiger partial charge in [0.2, 0.25) is 0 Å². The predicted molar refractivity (Wildman–Crippen MR) is 23.3 cm³/mol. The van der Waals surface area contributed by atoms with Crippen LogP contribution in [0.15, 0.2) is 12.3 Å². The minimum absolute atomic E-state index is 0.178. The summed E-state index contributed by atoms with van der Waals surface area (Å²) in [5.74, 6) is -0.178. The van der Waals surface area contributed by atoms with E-state index in [4.69, 9.17) is 0 Å². The Kier molecular flexibility index (Phi) is 0.749. The molecule has 1 aromatic rings. The van der Waals surface area contributed by atoms with Gasteiger partial charge in [-0.25, -0.2) is 0 Å². The molecule has 3 nitrogen and oxygen atoms in total. The number of aryl methyl sites for hydroxylation is 1. The van der Waals surface area contributed by atoms with Crippen LogP contribution in [0.5, 0.6) is 5.88 Å². The topological polar surface area (TPSA) is 37.7 Å². The van der Waals surface area contributed by atoms with Crippen molar-refractivity contribution in [3.8, 4) is 5.88 Å². The molecule has 0 bridgehead atoms. The van der Waals surface area contributed by atoms with Crippen molar-refractivity contribution in [3.05, 3.63) is 12.3 Å². The summed E-state index contributed by atoms with van der Waals surface area (Å²) in [4.78, 5) is 0. The summed E-state index contributed by atoms with van der Waals surface area (Å²) in [5, 5.41) is 13.6. The summed E-state index contributed by atoms with van der Waals surface area (Å²) in [5.41, 5.74) is 0. The predicted octanol–water partition coefficient (Wildman–Crippen LogP) is 0.564. The van der Waals surface area contributed by atoms with E-state index in [2.05, 4.69) is 5.10 Å². The van der Waals surface area contributed by atoms with E-state index in [1.807, 2.05) is 0 Å². The number of aromatic nitrogens is 2. The van der Waals surface area contributed by atoms with Crippen LogP contribution in [0.2, 0.25) is 0 Å². The number of nitrogens with zero attached hydrogens (tertiary/aromatic N) is 2. The molecule has 0 unspecified atom stereocenters. The molecule has 7 heavy (non-hydrogen) atoms. The molecule has 1 aromatic heterocycles. The van der Waals surface area contributed by atoms with Crippen LogP contribution in [-0.2, 0) is 12.2 Å². The van der Waals surface area contributed by atoms with Gasteiger partial charge in [-0.1, -0.05) is 0 Å². The molecular formula is C4H5N2O. The Bertz CT molecular complexity index is 142. The number of hydrogen-bond acceptors (Lipinski definition) is 1. The Hall–Kier alpha value is -0.990. The van der Waals surface area contributed by atoms with Crippen LogP contribution in [0, 0.1) is 0 Å². The van der Waals surface area contributed by atoms with Gasteiger partial charge in [-0.3, -0.25) is 9.79 Å². The highest BCUT2D eigenvalue weighted by molar-refractivity contribution is 5.01. The van der Waals surface area contributed by atoms with Gasteiger partial charge in [0.1, 0.15) is 0 Å². The summed E-state index contributed by atoms with van der Waals surface area (Å²) in [6.07, 6.45) is 1.61. The van der Waals surface area contributed by atoms with Crippen LogP contribution >= 0.6 is 0 Å². The molecule has 1 heterocycles. The van der Waals surface area contributed by atoms with Crippen molar-refractivity contribution in [3.63, 3.8) is 0 Å². The quantitative estimate of drug-likeness (QED) is 0.466. The van der Waals surface area contributed by atoms with Crippen molar-refractivity contribution in [2.24, 2.45) is 7.05 Å². The number of rotatable bonds is 0. The highest BCUT2D eigenvalue weighted by Crippen LogP contribution is 1.99. The molecule has 3 heteroatoms. The summed E-state index contributed by atoms with van der Waals surface area (Å²) in [6, 6.07) is 1.42. The van der Waals surface area contributed by atoms with Gasteiger partial charge in [-0.15, -0.1) is 5.10 Å². The van der Waals surface area contributed by atoms with Crippen LogP contribution in [0.4, 0.5) is 0 Å². The lowest BCUT2D eigenvalue weighted by Gasteiger charge is -1.77. The Morgan fingerprint density at radius 2 is 2.57 bits per heavy atom. The van der Waals surface area contributed by atoms with Crippen LogP contribution in [0.25, 0.3) is 0 Å². The average Bonchev–Trinajstić information content (AvgIpc) is 1.87. The maximum Gasteiger partial charge on any atom is 0.287 e. The van der Waals surface area contributed by atoms with Crippen molar-refractivity contribution in [1.29, 1.82) is 0 Å². The summed E-state index contributed by atoms with van der Waals surface area (Å²) in [6.45, 7) is 0. The third-order valence-corrected chi connectivity index (χ3v) is 0.689. The highest BCUT2D eigenvalue weighted by atomic mass is 16.3. The van der Waals surface area contributed by atoms with Crippen molar-refractivity contribution < 1.29 is 5.11 Å². The minimum atomic E-state index is -0.178. The molecular weight excluding hydrogens is 92.1 g/mol. The van der Waals surface area contributed by atoms with Crippen molar-refractivity contribution in [2.45, 2.75) is 0 Å². The first-order valence-corrected chi connectivity index (χ1v) is 1.96. The van der Waals surface area contributed by atoms with Crippen molar-refractivity contribution >= 4 is 0 Å². The molecule has 1 rings (SSSR count). The first kappa shape index (κ1) is 4.18. The Morgan fingerprint density at radius 3 is 2.71 bits per heavy atom. The third kappa shape index (κ3) is 0.707. The largest absolute Gasteiger partial charge is 0.287 e. The lowest BCUT2D eigenvalue weighted by atomic mass is 10.7. The first-order valence-electron chi connectivity index (χ1n) is 1.96. The molecule has 0 aromatic carbocycles. The van der Waals surface area contributed by atoms with Crippen LogP contribution in [-0.4, -0.2) is 9.78 Å². The molecule has 37 valence electrons. The van der Waals surface area contributed by atoms with E-state index < -0.39 is 0 Å². The lowest BCUT2D eigenvalue weighted by Crippen LogP contribution is -1.84. The minimum Gasteiger partial charge on any atom is -0.272 e. The summed E-state index contributed by atoms with van der Waals surface area (Å²) >= 11 is 0. The fraction of sp³-hybridized carbons (Fsp3) is 0.250. The Labute approximate surface area is 41.2 Å². The molecule has 0 N–H and O–H groups in total. The average molecular weight is 97.1 g/mol. The van der Waals surface area contributed by atoms with Crippen LogP contribution in [0.3, 0.4) is 0 Å². The normalized spacial score (nSPS) is 9.29. The standard InChI is InChI=1S/C4H5N2O/c1-6-3-2-4(7)5-6/h2-3H,1H3. The van der Waals surface area contributed by atoms with Gasteiger partial charge in [0.05, 0.1) is 0 Å². The van der Waals surface area contributed by atoms with E-state index in [1.54, 1.807) is 13.2 Å². The van der Waals surface area contributed by atoms with Gasteiger partial charge in [0.25, 0.3) is 5.88 Å². The van der Waals surface area contributed by atoms with Gasteiger partial charge in [-0.2, -0.15) is 0 Å². The number of hydrogen-bond donors (Lipinski definition) is 0. The molecule has 1 radical (unpaired) electrons. The Morgan fingerprint density at radius 1 is 1.86 bits per heavy atom. The maximum absolute atomic E-state index is 10.2. The smallest absolute Gasteiger partial charge is 0.272 e. The third-order valence-electron chi connectivity index (χ3n) is 0.689. The van der Waals surface area contributed by atoms with Gasteiger partial charge in [0.15, 0.2) is 0 Å². The monoisotopic (exact) mass is 97.0 g/mol.